The third-order valence-corrected chi connectivity index (χ3v) is 4.40. The Balaban J connectivity index is 1.74. The van der Waals surface area contributed by atoms with Crippen molar-refractivity contribution in [2.24, 2.45) is 5.92 Å². The first-order chi connectivity index (χ1) is 9.65. The molecule has 1 aliphatic rings. The fourth-order valence-electron chi connectivity index (χ4n) is 2.88. The average molecular weight is 278 g/mol. The molecule has 2 N–H and O–H groups in total. The van der Waals surface area contributed by atoms with Crippen molar-refractivity contribution in [3.05, 3.63) is 23.9 Å². The summed E-state index contributed by atoms with van der Waals surface area (Å²) in [6, 6.07) is 3.86. The van der Waals surface area contributed by atoms with Gasteiger partial charge in [0.2, 0.25) is 5.88 Å². The predicted octanol–water partition coefficient (Wildman–Crippen LogP) is 2.51. The minimum absolute atomic E-state index is 0.522. The van der Waals surface area contributed by atoms with Crippen LogP contribution in [-0.4, -0.2) is 29.3 Å². The van der Waals surface area contributed by atoms with Crippen molar-refractivity contribution < 1.29 is 9.84 Å². The van der Waals surface area contributed by atoms with E-state index in [1.165, 1.54) is 6.42 Å². The third kappa shape index (κ3) is 4.18. The van der Waals surface area contributed by atoms with Crippen LogP contribution in [0.2, 0.25) is 0 Å². The van der Waals surface area contributed by atoms with Crippen LogP contribution in [0.25, 0.3) is 0 Å². The molecule has 1 aromatic heterocycles. The number of aliphatic hydroxyl groups is 1. The van der Waals surface area contributed by atoms with Gasteiger partial charge in [0, 0.05) is 25.4 Å². The van der Waals surface area contributed by atoms with Crippen molar-refractivity contribution >= 4 is 0 Å². The van der Waals surface area contributed by atoms with Crippen LogP contribution in [0.15, 0.2) is 18.3 Å². The molecule has 0 aliphatic heterocycles. The summed E-state index contributed by atoms with van der Waals surface area (Å²) in [6.07, 6.45) is 7.18. The molecule has 0 radical (unpaired) electrons. The Bertz CT molecular complexity index is 397. The maximum absolute atomic E-state index is 10.5. The van der Waals surface area contributed by atoms with Crippen LogP contribution >= 0.6 is 0 Å². The SMILES string of the molecule is CCC1CCC(O)(CNCc2ccc(OC)nc2)CC1. The van der Waals surface area contributed by atoms with Crippen LogP contribution in [-0.2, 0) is 6.54 Å². The van der Waals surface area contributed by atoms with Gasteiger partial charge in [-0.1, -0.05) is 19.4 Å². The Labute approximate surface area is 121 Å². The molecule has 20 heavy (non-hydrogen) atoms. The van der Waals surface area contributed by atoms with Gasteiger partial charge < -0.3 is 15.2 Å². The number of rotatable bonds is 6. The lowest BCUT2D eigenvalue weighted by Gasteiger charge is -2.36. The molecule has 1 aromatic rings. The largest absolute Gasteiger partial charge is 0.481 e. The molecule has 0 aromatic carbocycles. The Morgan fingerprint density at radius 3 is 2.70 bits per heavy atom. The first-order valence-corrected chi connectivity index (χ1v) is 7.57. The van der Waals surface area contributed by atoms with E-state index in [1.54, 1.807) is 7.11 Å². The van der Waals surface area contributed by atoms with E-state index in [4.69, 9.17) is 4.74 Å². The zero-order valence-corrected chi connectivity index (χ0v) is 12.6. The first-order valence-electron chi connectivity index (χ1n) is 7.57. The molecule has 0 amide bonds. The second-order valence-electron chi connectivity index (χ2n) is 5.89. The summed E-state index contributed by atoms with van der Waals surface area (Å²) in [7, 11) is 1.61. The van der Waals surface area contributed by atoms with E-state index in [0.717, 1.165) is 43.7 Å². The van der Waals surface area contributed by atoms with E-state index in [2.05, 4.69) is 17.2 Å². The maximum Gasteiger partial charge on any atom is 0.212 e. The summed E-state index contributed by atoms with van der Waals surface area (Å²) in [4.78, 5) is 4.18. The van der Waals surface area contributed by atoms with E-state index in [9.17, 15) is 5.11 Å². The van der Waals surface area contributed by atoms with E-state index >= 15 is 0 Å². The summed E-state index contributed by atoms with van der Waals surface area (Å²) >= 11 is 0. The van der Waals surface area contributed by atoms with Crippen molar-refractivity contribution in [3.8, 4) is 5.88 Å². The summed E-state index contributed by atoms with van der Waals surface area (Å²) in [6.45, 7) is 3.63. The van der Waals surface area contributed by atoms with Gasteiger partial charge in [-0.3, -0.25) is 0 Å². The molecule has 1 heterocycles. The third-order valence-electron chi connectivity index (χ3n) is 4.40. The Kier molecular flexibility index (Phi) is 5.38. The molecule has 0 bridgehead atoms. The van der Waals surface area contributed by atoms with Gasteiger partial charge in [0.05, 0.1) is 12.7 Å². The standard InChI is InChI=1S/C16H26N2O2/c1-3-13-6-8-16(19,9-7-13)12-17-10-14-4-5-15(20-2)18-11-14/h4-5,11,13,17,19H,3,6-10,12H2,1-2H3. The topological polar surface area (TPSA) is 54.4 Å². The fraction of sp³-hybridized carbons (Fsp3) is 0.688. The minimum atomic E-state index is -0.522. The van der Waals surface area contributed by atoms with E-state index in [-0.39, 0.29) is 0 Å². The Hall–Kier alpha value is -1.13. The van der Waals surface area contributed by atoms with Crippen LogP contribution < -0.4 is 10.1 Å². The molecule has 112 valence electrons. The van der Waals surface area contributed by atoms with Crippen molar-refractivity contribution in [2.75, 3.05) is 13.7 Å². The molecule has 2 rings (SSSR count). The van der Waals surface area contributed by atoms with Gasteiger partial charge >= 0.3 is 0 Å². The molecule has 0 spiro atoms. The fourth-order valence-corrected chi connectivity index (χ4v) is 2.88. The molecule has 0 saturated heterocycles. The van der Waals surface area contributed by atoms with E-state index in [0.29, 0.717) is 12.4 Å². The van der Waals surface area contributed by atoms with Crippen LogP contribution in [0, 0.1) is 5.92 Å². The number of hydrogen-bond acceptors (Lipinski definition) is 4. The molecule has 4 nitrogen and oxygen atoms in total. The lowest BCUT2D eigenvalue weighted by molar-refractivity contribution is -0.00881. The van der Waals surface area contributed by atoms with Gasteiger partial charge in [0.1, 0.15) is 0 Å². The second-order valence-corrected chi connectivity index (χ2v) is 5.89. The smallest absolute Gasteiger partial charge is 0.212 e. The van der Waals surface area contributed by atoms with Crippen LogP contribution in [0.4, 0.5) is 0 Å². The Morgan fingerprint density at radius 1 is 1.40 bits per heavy atom. The highest BCUT2D eigenvalue weighted by molar-refractivity contribution is 5.17. The second kappa shape index (κ2) is 7.04. The van der Waals surface area contributed by atoms with Gasteiger partial charge in [0.15, 0.2) is 0 Å². The number of aromatic nitrogens is 1. The molecule has 1 fully saturated rings. The lowest BCUT2D eigenvalue weighted by atomic mass is 9.78. The van der Waals surface area contributed by atoms with Crippen LogP contribution in [0.1, 0.15) is 44.6 Å². The van der Waals surface area contributed by atoms with Gasteiger partial charge in [0.25, 0.3) is 0 Å². The van der Waals surface area contributed by atoms with Gasteiger partial charge in [-0.05, 0) is 37.2 Å². The summed E-state index contributed by atoms with van der Waals surface area (Å²) in [5.74, 6) is 1.44. The zero-order valence-electron chi connectivity index (χ0n) is 12.6. The molecule has 0 unspecified atom stereocenters. The van der Waals surface area contributed by atoms with Crippen molar-refractivity contribution in [1.29, 1.82) is 0 Å². The normalized spacial score (nSPS) is 26.4. The zero-order chi connectivity index (χ0) is 14.4. The van der Waals surface area contributed by atoms with Gasteiger partial charge in [-0.2, -0.15) is 0 Å². The summed E-state index contributed by atoms with van der Waals surface area (Å²) in [5, 5.41) is 13.9. The number of nitrogens with zero attached hydrogens (tertiary/aromatic N) is 1. The number of nitrogens with one attached hydrogen (secondary N) is 1. The predicted molar refractivity (Wildman–Crippen MR) is 79.7 cm³/mol. The highest BCUT2D eigenvalue weighted by atomic mass is 16.5. The number of hydrogen-bond donors (Lipinski definition) is 2. The number of ether oxygens (including phenoxy) is 1. The molecular weight excluding hydrogens is 252 g/mol. The minimum Gasteiger partial charge on any atom is -0.481 e. The Morgan fingerprint density at radius 2 is 2.15 bits per heavy atom. The molecule has 1 saturated carbocycles. The maximum atomic E-state index is 10.5. The average Bonchev–Trinajstić information content (AvgIpc) is 2.49. The lowest BCUT2D eigenvalue weighted by Crippen LogP contribution is -2.43. The highest BCUT2D eigenvalue weighted by Gasteiger charge is 2.31. The quantitative estimate of drug-likeness (QED) is 0.839. The number of pyridine rings is 1. The van der Waals surface area contributed by atoms with E-state index in [1.807, 2.05) is 18.3 Å². The van der Waals surface area contributed by atoms with Crippen molar-refractivity contribution in [2.45, 2.75) is 51.2 Å². The molecule has 0 atom stereocenters. The molecular formula is C16H26N2O2. The summed E-state index contributed by atoms with van der Waals surface area (Å²) in [5.41, 5.74) is 0.586. The van der Waals surface area contributed by atoms with Crippen LogP contribution in [0.5, 0.6) is 5.88 Å². The van der Waals surface area contributed by atoms with Crippen molar-refractivity contribution in [1.82, 2.24) is 10.3 Å². The van der Waals surface area contributed by atoms with Gasteiger partial charge in [-0.15, -0.1) is 0 Å². The van der Waals surface area contributed by atoms with Gasteiger partial charge in [-0.25, -0.2) is 4.98 Å². The molecule has 1 aliphatic carbocycles. The highest BCUT2D eigenvalue weighted by Crippen LogP contribution is 2.33. The van der Waals surface area contributed by atoms with Crippen LogP contribution in [0.3, 0.4) is 0 Å². The number of methoxy groups -OCH3 is 1. The van der Waals surface area contributed by atoms with Crippen molar-refractivity contribution in [3.63, 3.8) is 0 Å². The monoisotopic (exact) mass is 278 g/mol. The summed E-state index contributed by atoms with van der Waals surface area (Å²) < 4.78 is 5.03. The van der Waals surface area contributed by atoms with E-state index < -0.39 is 5.60 Å². The molecule has 4 heteroatoms. The first kappa shape index (κ1) is 15.3.